The van der Waals surface area contributed by atoms with E-state index < -0.39 is 15.3 Å². The second kappa shape index (κ2) is 7.57. The molecule has 3 heterocycles. The molecule has 3 N–H and O–H groups in total. The number of hydrazine groups is 2. The molecule has 0 radical (unpaired) electrons. The van der Waals surface area contributed by atoms with Crippen molar-refractivity contribution in [3.05, 3.63) is 0 Å². The van der Waals surface area contributed by atoms with Crippen molar-refractivity contribution in [3.8, 4) is 0 Å². The number of likely N-dealkylation sites (N-methyl/N-ethyl adjacent to an activating group) is 2. The first kappa shape index (κ1) is 19.5. The van der Waals surface area contributed by atoms with Crippen molar-refractivity contribution in [2.75, 3.05) is 40.3 Å². The number of hydrogen-bond donors (Lipinski definition) is 3. The highest BCUT2D eigenvalue weighted by atomic mass is 32.2. The van der Waals surface area contributed by atoms with Crippen molar-refractivity contribution in [1.29, 1.82) is 0 Å². The maximum Gasteiger partial charge on any atom is 0.222 e. The minimum absolute atomic E-state index is 0.0266. The zero-order valence-electron chi connectivity index (χ0n) is 16.2. The van der Waals surface area contributed by atoms with Crippen LogP contribution in [0.1, 0.15) is 32.1 Å². The van der Waals surface area contributed by atoms with Crippen molar-refractivity contribution in [1.82, 2.24) is 30.5 Å². The molecule has 154 valence electrons. The van der Waals surface area contributed by atoms with Crippen LogP contribution in [0.3, 0.4) is 0 Å². The summed E-state index contributed by atoms with van der Waals surface area (Å²) >= 11 is 0. The number of carbonyl (C=O) groups is 1. The number of fused-ring (bicyclic) bond motifs is 1. The molecule has 1 amide bonds. The Kier molecular flexibility index (Phi) is 5.47. The van der Waals surface area contributed by atoms with Crippen LogP contribution in [-0.2, 0) is 14.8 Å². The van der Waals surface area contributed by atoms with Crippen molar-refractivity contribution in [2.45, 2.75) is 55.5 Å². The van der Waals surface area contributed by atoms with Crippen LogP contribution in [0.4, 0.5) is 0 Å². The number of amides is 1. The van der Waals surface area contributed by atoms with E-state index in [0.29, 0.717) is 32.0 Å². The summed E-state index contributed by atoms with van der Waals surface area (Å²) in [6.45, 7) is 2.48. The highest BCUT2D eigenvalue weighted by Crippen LogP contribution is 2.31. The van der Waals surface area contributed by atoms with E-state index in [-0.39, 0.29) is 24.0 Å². The lowest BCUT2D eigenvalue weighted by Crippen LogP contribution is -2.55. The lowest BCUT2D eigenvalue weighted by atomic mass is 9.82. The first-order chi connectivity index (χ1) is 12.8. The highest BCUT2D eigenvalue weighted by Gasteiger charge is 2.44. The second-order valence-electron chi connectivity index (χ2n) is 8.53. The normalized spacial score (nSPS) is 39.1. The summed E-state index contributed by atoms with van der Waals surface area (Å²) < 4.78 is 29.2. The van der Waals surface area contributed by atoms with Crippen LogP contribution in [0.15, 0.2) is 0 Å². The minimum atomic E-state index is -3.41. The van der Waals surface area contributed by atoms with Crippen LogP contribution in [-0.4, -0.2) is 92.9 Å². The van der Waals surface area contributed by atoms with E-state index in [1.807, 2.05) is 19.1 Å². The Labute approximate surface area is 161 Å². The van der Waals surface area contributed by atoms with Crippen LogP contribution < -0.4 is 15.6 Å². The third-order valence-corrected chi connectivity index (χ3v) is 8.58. The monoisotopic (exact) mass is 400 g/mol. The summed E-state index contributed by atoms with van der Waals surface area (Å²) in [5.41, 5.74) is 6.61. The lowest BCUT2D eigenvalue weighted by molar-refractivity contribution is -0.133. The van der Waals surface area contributed by atoms with Gasteiger partial charge in [0.25, 0.3) is 0 Å². The van der Waals surface area contributed by atoms with Crippen LogP contribution in [0.5, 0.6) is 0 Å². The number of piperidine rings is 1. The number of nitrogens with zero attached hydrogens (tertiary/aromatic N) is 3. The molecular weight excluding hydrogens is 368 g/mol. The number of nitrogens with one attached hydrogen (secondary N) is 3. The maximum absolute atomic E-state index is 13.1. The Morgan fingerprint density at radius 3 is 2.67 bits per heavy atom. The Hall–Kier alpha value is -0.780. The van der Waals surface area contributed by atoms with E-state index in [2.05, 4.69) is 20.6 Å². The van der Waals surface area contributed by atoms with E-state index in [4.69, 9.17) is 0 Å². The van der Waals surface area contributed by atoms with Crippen molar-refractivity contribution < 1.29 is 13.2 Å². The van der Waals surface area contributed by atoms with Crippen molar-refractivity contribution in [3.63, 3.8) is 0 Å². The quantitative estimate of drug-likeness (QED) is 0.540. The fourth-order valence-corrected chi connectivity index (χ4v) is 6.70. The first-order valence-electron chi connectivity index (χ1n) is 10.1. The van der Waals surface area contributed by atoms with E-state index >= 15 is 0 Å². The molecule has 0 aromatic heterocycles. The average Bonchev–Trinajstić information content (AvgIpc) is 3.26. The zero-order chi connectivity index (χ0) is 19.2. The number of likely N-dealkylation sites (tertiary alicyclic amines) is 1. The molecule has 1 aliphatic carbocycles. The van der Waals surface area contributed by atoms with Crippen LogP contribution >= 0.6 is 0 Å². The third-order valence-electron chi connectivity index (χ3n) is 6.75. The van der Waals surface area contributed by atoms with Gasteiger partial charge in [-0.25, -0.2) is 23.2 Å². The van der Waals surface area contributed by atoms with Crippen molar-refractivity contribution >= 4 is 15.9 Å². The van der Waals surface area contributed by atoms with Gasteiger partial charge in [0.1, 0.15) is 5.25 Å². The van der Waals surface area contributed by atoms with Gasteiger partial charge in [-0.2, -0.15) is 0 Å². The Bertz CT molecular complexity index is 672. The predicted octanol–water partition coefficient (Wildman–Crippen LogP) is -1.30. The molecule has 4 aliphatic rings. The molecule has 4 fully saturated rings. The summed E-state index contributed by atoms with van der Waals surface area (Å²) in [6.07, 6.45) is 4.43. The SMILES string of the molecule is CN1C[C@H](N2CC(S(=O)(=O)NC3CCCC4CNN(C)C43)CN2)CCC1=O. The summed E-state index contributed by atoms with van der Waals surface area (Å²) in [5, 5.41) is 3.66. The Morgan fingerprint density at radius 2 is 1.89 bits per heavy atom. The molecule has 0 spiro atoms. The maximum atomic E-state index is 13.1. The Balaban J connectivity index is 1.37. The van der Waals surface area contributed by atoms with E-state index in [0.717, 1.165) is 32.2 Å². The van der Waals surface area contributed by atoms with Gasteiger partial charge in [-0.3, -0.25) is 15.6 Å². The topological polar surface area (TPSA) is 97.0 Å². The summed E-state index contributed by atoms with van der Waals surface area (Å²) in [5.74, 6) is 0.683. The summed E-state index contributed by atoms with van der Waals surface area (Å²) in [7, 11) is 0.416. The fraction of sp³-hybridized carbons (Fsp3) is 0.941. The molecule has 0 bridgehead atoms. The number of rotatable bonds is 4. The molecular formula is C17H32N6O3S. The molecule has 3 saturated heterocycles. The van der Waals surface area contributed by atoms with Crippen LogP contribution in [0.25, 0.3) is 0 Å². The smallest absolute Gasteiger partial charge is 0.222 e. The van der Waals surface area contributed by atoms with Gasteiger partial charge in [0.15, 0.2) is 0 Å². The average molecular weight is 401 g/mol. The third kappa shape index (κ3) is 3.88. The van der Waals surface area contributed by atoms with Crippen LogP contribution in [0.2, 0.25) is 0 Å². The van der Waals surface area contributed by atoms with Gasteiger partial charge in [0.05, 0.1) is 0 Å². The Morgan fingerprint density at radius 1 is 1.07 bits per heavy atom. The molecule has 3 aliphatic heterocycles. The highest BCUT2D eigenvalue weighted by molar-refractivity contribution is 7.90. The first-order valence-corrected chi connectivity index (χ1v) is 11.6. The second-order valence-corrected chi connectivity index (χ2v) is 10.5. The molecule has 10 heteroatoms. The molecule has 5 atom stereocenters. The van der Waals surface area contributed by atoms with Gasteiger partial charge in [0.2, 0.25) is 15.9 Å². The van der Waals surface area contributed by atoms with E-state index in [9.17, 15) is 13.2 Å². The largest absolute Gasteiger partial charge is 0.344 e. The van der Waals surface area contributed by atoms with Gasteiger partial charge in [0, 0.05) is 64.8 Å². The molecule has 9 nitrogen and oxygen atoms in total. The number of hydrogen-bond acceptors (Lipinski definition) is 7. The van der Waals surface area contributed by atoms with Gasteiger partial charge in [-0.05, 0) is 25.2 Å². The van der Waals surface area contributed by atoms with E-state index in [1.165, 1.54) is 0 Å². The molecule has 0 aromatic carbocycles. The number of carbonyl (C=O) groups excluding carboxylic acids is 1. The predicted molar refractivity (Wildman–Crippen MR) is 102 cm³/mol. The van der Waals surface area contributed by atoms with Crippen LogP contribution in [0, 0.1) is 5.92 Å². The molecule has 1 saturated carbocycles. The van der Waals surface area contributed by atoms with Gasteiger partial charge >= 0.3 is 0 Å². The zero-order valence-corrected chi connectivity index (χ0v) is 17.0. The minimum Gasteiger partial charge on any atom is -0.344 e. The molecule has 0 aromatic rings. The number of sulfonamides is 1. The summed E-state index contributed by atoms with van der Waals surface area (Å²) in [6, 6.07) is 0.385. The van der Waals surface area contributed by atoms with Gasteiger partial charge in [-0.15, -0.1) is 0 Å². The van der Waals surface area contributed by atoms with Gasteiger partial charge in [-0.1, -0.05) is 6.42 Å². The molecule has 4 rings (SSSR count). The van der Waals surface area contributed by atoms with Crippen molar-refractivity contribution in [2.24, 2.45) is 5.92 Å². The van der Waals surface area contributed by atoms with E-state index in [1.54, 1.807) is 4.90 Å². The van der Waals surface area contributed by atoms with Gasteiger partial charge < -0.3 is 4.90 Å². The molecule has 27 heavy (non-hydrogen) atoms. The fourth-order valence-electron chi connectivity index (χ4n) is 5.18. The summed E-state index contributed by atoms with van der Waals surface area (Å²) in [4.78, 5) is 13.4. The lowest BCUT2D eigenvalue weighted by Gasteiger charge is -2.37. The molecule has 4 unspecified atom stereocenters. The standard InChI is InChI=1S/C17H32N6O3S/c1-21-10-13(6-7-16(21)24)23-11-14(9-19-23)27(25,26)20-15-5-3-4-12-8-18-22(2)17(12)15/h12-15,17-20H,3-11H2,1-2H3/t12?,13-,14?,15?,17?/m1/s1.